The quantitative estimate of drug-likeness (QED) is 0.318. The van der Waals surface area contributed by atoms with Gasteiger partial charge in [0.2, 0.25) is 11.6 Å². The summed E-state index contributed by atoms with van der Waals surface area (Å²) in [6.07, 6.45) is 1.49. The standard InChI is InChI=1S/C20H18N2O7/c1-11-13(6-5-7-15(11)22(24)25)19-21-14(20(23)29-19)10-12-8-9-16(26-2)18(28-4)17(12)27-3/h5-10H,1-4H3. The van der Waals surface area contributed by atoms with Gasteiger partial charge >= 0.3 is 5.97 Å². The molecule has 0 aliphatic carbocycles. The van der Waals surface area contributed by atoms with Crippen LogP contribution in [0.4, 0.5) is 5.69 Å². The first-order valence-corrected chi connectivity index (χ1v) is 8.47. The number of hydrogen-bond donors (Lipinski definition) is 0. The van der Waals surface area contributed by atoms with Crippen LogP contribution in [-0.4, -0.2) is 38.1 Å². The summed E-state index contributed by atoms with van der Waals surface area (Å²) in [6.45, 7) is 1.57. The van der Waals surface area contributed by atoms with Gasteiger partial charge in [0, 0.05) is 22.8 Å². The van der Waals surface area contributed by atoms with Crippen molar-refractivity contribution in [1.82, 2.24) is 0 Å². The van der Waals surface area contributed by atoms with E-state index in [1.54, 1.807) is 25.1 Å². The highest BCUT2D eigenvalue weighted by Crippen LogP contribution is 2.41. The Bertz CT molecular complexity index is 1060. The van der Waals surface area contributed by atoms with Crippen molar-refractivity contribution in [2.75, 3.05) is 21.3 Å². The number of carbonyl (C=O) groups excluding carboxylic acids is 1. The molecule has 0 saturated heterocycles. The Balaban J connectivity index is 2.07. The minimum absolute atomic E-state index is 0.00175. The summed E-state index contributed by atoms with van der Waals surface area (Å²) in [5.41, 5.74) is 1.19. The third-order valence-corrected chi connectivity index (χ3v) is 4.38. The summed E-state index contributed by atoms with van der Waals surface area (Å²) < 4.78 is 21.2. The van der Waals surface area contributed by atoms with Crippen LogP contribution >= 0.6 is 0 Å². The van der Waals surface area contributed by atoms with E-state index in [0.29, 0.717) is 33.9 Å². The number of cyclic esters (lactones) is 1. The second-order valence-electron chi connectivity index (χ2n) is 5.97. The molecule has 0 aromatic heterocycles. The second kappa shape index (κ2) is 8.01. The fourth-order valence-electron chi connectivity index (χ4n) is 2.96. The van der Waals surface area contributed by atoms with E-state index in [2.05, 4.69) is 4.99 Å². The molecule has 0 amide bonds. The van der Waals surface area contributed by atoms with E-state index in [9.17, 15) is 14.9 Å². The van der Waals surface area contributed by atoms with Crippen LogP contribution < -0.4 is 14.2 Å². The van der Waals surface area contributed by atoms with Crippen molar-refractivity contribution in [2.24, 2.45) is 4.99 Å². The monoisotopic (exact) mass is 398 g/mol. The number of rotatable bonds is 6. The van der Waals surface area contributed by atoms with Gasteiger partial charge in [-0.2, -0.15) is 0 Å². The zero-order valence-electron chi connectivity index (χ0n) is 16.2. The highest BCUT2D eigenvalue weighted by Gasteiger charge is 2.28. The predicted molar refractivity (Wildman–Crippen MR) is 105 cm³/mol. The van der Waals surface area contributed by atoms with Gasteiger partial charge in [-0.25, -0.2) is 9.79 Å². The number of nitro benzene ring substituents is 1. The summed E-state index contributed by atoms with van der Waals surface area (Å²) in [4.78, 5) is 27.2. The number of aliphatic imine (C=N–C) groups is 1. The maximum Gasteiger partial charge on any atom is 0.363 e. The van der Waals surface area contributed by atoms with E-state index in [1.807, 2.05) is 0 Å². The molecule has 0 spiro atoms. The number of esters is 1. The van der Waals surface area contributed by atoms with Crippen LogP contribution in [0, 0.1) is 17.0 Å². The number of carbonyl (C=O) groups is 1. The number of nitro groups is 1. The third kappa shape index (κ3) is 3.62. The van der Waals surface area contributed by atoms with Gasteiger partial charge in [0.25, 0.3) is 5.69 Å². The lowest BCUT2D eigenvalue weighted by atomic mass is 10.1. The summed E-state index contributed by atoms with van der Waals surface area (Å²) in [5.74, 6) is 0.526. The second-order valence-corrected chi connectivity index (χ2v) is 5.97. The molecule has 2 aromatic carbocycles. The number of hydrogen-bond acceptors (Lipinski definition) is 8. The molecule has 9 heteroatoms. The summed E-state index contributed by atoms with van der Waals surface area (Å²) >= 11 is 0. The van der Waals surface area contributed by atoms with Gasteiger partial charge in [-0.05, 0) is 31.2 Å². The number of nitrogens with zero attached hydrogens (tertiary/aromatic N) is 2. The van der Waals surface area contributed by atoms with Crippen LogP contribution in [0.15, 0.2) is 41.0 Å². The predicted octanol–water partition coefficient (Wildman–Crippen LogP) is 3.27. The van der Waals surface area contributed by atoms with E-state index in [1.165, 1.54) is 39.5 Å². The molecule has 0 bridgehead atoms. The molecule has 150 valence electrons. The Labute approximate surface area is 166 Å². The molecular weight excluding hydrogens is 380 g/mol. The zero-order chi connectivity index (χ0) is 21.1. The highest BCUT2D eigenvalue weighted by molar-refractivity contribution is 6.13. The van der Waals surface area contributed by atoms with Gasteiger partial charge in [-0.3, -0.25) is 10.1 Å². The van der Waals surface area contributed by atoms with Gasteiger partial charge in [-0.15, -0.1) is 0 Å². The molecule has 0 atom stereocenters. The van der Waals surface area contributed by atoms with Gasteiger partial charge < -0.3 is 18.9 Å². The first-order valence-electron chi connectivity index (χ1n) is 8.47. The lowest BCUT2D eigenvalue weighted by molar-refractivity contribution is -0.385. The molecular formula is C20H18N2O7. The van der Waals surface area contributed by atoms with Crippen molar-refractivity contribution in [1.29, 1.82) is 0 Å². The molecule has 2 aromatic rings. The molecule has 1 aliphatic rings. The molecule has 1 aliphatic heterocycles. The first kappa shape index (κ1) is 19.9. The smallest absolute Gasteiger partial charge is 0.363 e. The van der Waals surface area contributed by atoms with Crippen LogP contribution in [-0.2, 0) is 9.53 Å². The average molecular weight is 398 g/mol. The van der Waals surface area contributed by atoms with Crippen LogP contribution in [0.25, 0.3) is 6.08 Å². The van der Waals surface area contributed by atoms with E-state index < -0.39 is 10.9 Å². The lowest BCUT2D eigenvalue weighted by Gasteiger charge is -2.14. The molecule has 9 nitrogen and oxygen atoms in total. The minimum atomic E-state index is -0.678. The molecule has 0 saturated carbocycles. The largest absolute Gasteiger partial charge is 0.493 e. The van der Waals surface area contributed by atoms with Crippen LogP contribution in [0.2, 0.25) is 0 Å². The van der Waals surface area contributed by atoms with Crippen molar-refractivity contribution in [3.63, 3.8) is 0 Å². The molecule has 29 heavy (non-hydrogen) atoms. The van der Waals surface area contributed by atoms with Crippen molar-refractivity contribution in [3.05, 3.63) is 62.8 Å². The molecule has 0 fully saturated rings. The Morgan fingerprint density at radius 1 is 1.07 bits per heavy atom. The first-order chi connectivity index (χ1) is 13.9. The van der Waals surface area contributed by atoms with Crippen molar-refractivity contribution in [3.8, 4) is 17.2 Å². The van der Waals surface area contributed by atoms with E-state index in [-0.39, 0.29) is 17.3 Å². The Kier molecular flexibility index (Phi) is 5.49. The van der Waals surface area contributed by atoms with Crippen LogP contribution in [0.1, 0.15) is 16.7 Å². The Hall–Kier alpha value is -3.88. The molecule has 0 radical (unpaired) electrons. The lowest BCUT2D eigenvalue weighted by Crippen LogP contribution is -2.08. The minimum Gasteiger partial charge on any atom is -0.493 e. The van der Waals surface area contributed by atoms with Gasteiger partial charge in [0.1, 0.15) is 0 Å². The van der Waals surface area contributed by atoms with Gasteiger partial charge in [0.05, 0.1) is 26.3 Å². The summed E-state index contributed by atoms with van der Waals surface area (Å²) in [7, 11) is 4.44. The molecule has 0 unspecified atom stereocenters. The fraction of sp³-hybridized carbons (Fsp3) is 0.200. The normalized spacial score (nSPS) is 14.4. The maximum absolute atomic E-state index is 12.3. The SMILES string of the molecule is COc1ccc(C=C2N=C(c3cccc([N+](=O)[O-])c3C)OC2=O)c(OC)c1OC. The number of methoxy groups -OCH3 is 3. The molecule has 3 rings (SSSR count). The zero-order valence-corrected chi connectivity index (χ0v) is 16.2. The van der Waals surface area contributed by atoms with Crippen molar-refractivity contribution in [2.45, 2.75) is 6.92 Å². The highest BCUT2D eigenvalue weighted by atomic mass is 16.6. The summed E-state index contributed by atoms with van der Waals surface area (Å²) in [5, 5.41) is 11.2. The van der Waals surface area contributed by atoms with Gasteiger partial charge in [-0.1, -0.05) is 6.07 Å². The third-order valence-electron chi connectivity index (χ3n) is 4.38. The van der Waals surface area contributed by atoms with E-state index >= 15 is 0 Å². The van der Waals surface area contributed by atoms with Crippen LogP contribution in [0.5, 0.6) is 17.2 Å². The summed E-state index contributed by atoms with van der Waals surface area (Å²) in [6, 6.07) is 7.85. The van der Waals surface area contributed by atoms with Crippen molar-refractivity contribution < 1.29 is 28.7 Å². The maximum atomic E-state index is 12.3. The molecule has 1 heterocycles. The van der Waals surface area contributed by atoms with Crippen LogP contribution in [0.3, 0.4) is 0 Å². The number of benzene rings is 2. The fourth-order valence-corrected chi connectivity index (χ4v) is 2.96. The number of ether oxygens (including phenoxy) is 4. The van der Waals surface area contributed by atoms with E-state index in [4.69, 9.17) is 18.9 Å². The van der Waals surface area contributed by atoms with E-state index in [0.717, 1.165) is 0 Å². The Morgan fingerprint density at radius 3 is 2.41 bits per heavy atom. The average Bonchev–Trinajstić information content (AvgIpc) is 3.07. The topological polar surface area (TPSA) is 109 Å². The Morgan fingerprint density at radius 2 is 1.79 bits per heavy atom. The van der Waals surface area contributed by atoms with Crippen molar-refractivity contribution >= 4 is 23.6 Å². The molecule has 0 N–H and O–H groups in total. The van der Waals surface area contributed by atoms with Gasteiger partial charge in [0.15, 0.2) is 17.2 Å².